The molecule has 0 aliphatic rings. The molecule has 78 valence electrons. The Balaban J connectivity index is 3.74. The number of hydrogen-bond donors (Lipinski definition) is 5. The molecule has 0 amide bonds. The maximum Gasteiger partial charge on any atom is 0.325 e. The van der Waals surface area contributed by atoms with Gasteiger partial charge in [-0.05, 0) is 6.42 Å². The molecule has 13 heavy (non-hydrogen) atoms. The third-order valence-corrected chi connectivity index (χ3v) is 2.13. The molecule has 0 unspecified atom stereocenters. The van der Waals surface area contributed by atoms with Crippen LogP contribution in [0, 0.1) is 0 Å². The van der Waals surface area contributed by atoms with Crippen molar-refractivity contribution in [1.29, 1.82) is 0 Å². The SMILES string of the molecule is NN/C=C(/CCCP(=O)(O)O)OO. The summed E-state index contributed by atoms with van der Waals surface area (Å²) < 4.78 is 10.4. The standard InChI is InChI=1S/C5H13N2O5P/c6-7-4-5(12-8)2-1-3-13(9,10)11/h4,7-8H,1-3,6H2,(H2,9,10,11)/b5-4-. The third kappa shape index (κ3) is 7.76. The Morgan fingerprint density at radius 3 is 2.62 bits per heavy atom. The van der Waals surface area contributed by atoms with Crippen molar-refractivity contribution in [2.45, 2.75) is 12.8 Å². The second-order valence-electron chi connectivity index (χ2n) is 2.36. The molecule has 0 spiro atoms. The highest BCUT2D eigenvalue weighted by Crippen LogP contribution is 2.35. The molecule has 0 fully saturated rings. The first-order valence-electron chi connectivity index (χ1n) is 3.51. The molecule has 0 heterocycles. The van der Waals surface area contributed by atoms with Gasteiger partial charge in [-0.3, -0.25) is 10.4 Å². The lowest BCUT2D eigenvalue weighted by atomic mass is 10.3. The van der Waals surface area contributed by atoms with Crippen molar-refractivity contribution in [3.8, 4) is 0 Å². The van der Waals surface area contributed by atoms with Crippen molar-refractivity contribution >= 4 is 7.60 Å². The second kappa shape index (κ2) is 5.95. The van der Waals surface area contributed by atoms with Crippen molar-refractivity contribution < 1.29 is 24.5 Å². The van der Waals surface area contributed by atoms with Crippen LogP contribution in [0.25, 0.3) is 0 Å². The van der Waals surface area contributed by atoms with E-state index in [1.807, 2.05) is 0 Å². The Kier molecular flexibility index (Phi) is 5.68. The summed E-state index contributed by atoms with van der Waals surface area (Å²) in [5.41, 5.74) is 2.13. The lowest BCUT2D eigenvalue weighted by molar-refractivity contribution is -0.206. The van der Waals surface area contributed by atoms with Gasteiger partial charge in [0.05, 0.1) is 12.4 Å². The molecule has 6 N–H and O–H groups in total. The van der Waals surface area contributed by atoms with E-state index < -0.39 is 7.60 Å². The minimum Gasteiger partial charge on any atom is -0.343 e. The number of nitrogens with two attached hydrogens (primary N) is 1. The zero-order chi connectivity index (χ0) is 10.3. The maximum atomic E-state index is 10.4. The molecular formula is C5H13N2O5P. The second-order valence-corrected chi connectivity index (χ2v) is 4.14. The molecule has 0 aromatic rings. The highest BCUT2D eigenvalue weighted by Gasteiger charge is 2.12. The molecule has 8 heteroatoms. The minimum atomic E-state index is -3.97. The van der Waals surface area contributed by atoms with E-state index in [0.717, 1.165) is 0 Å². The quantitative estimate of drug-likeness (QED) is 0.135. The number of hydrogen-bond acceptors (Lipinski definition) is 5. The summed E-state index contributed by atoms with van der Waals surface area (Å²) >= 11 is 0. The van der Waals surface area contributed by atoms with Gasteiger partial charge in [-0.25, -0.2) is 5.26 Å². The van der Waals surface area contributed by atoms with Crippen LogP contribution in [0.2, 0.25) is 0 Å². The van der Waals surface area contributed by atoms with Gasteiger partial charge in [0.1, 0.15) is 0 Å². The molecule has 0 bridgehead atoms. The van der Waals surface area contributed by atoms with E-state index in [1.165, 1.54) is 6.20 Å². The molecule has 0 saturated carbocycles. The summed E-state index contributed by atoms with van der Waals surface area (Å²) in [5.74, 6) is 5.01. The van der Waals surface area contributed by atoms with Gasteiger partial charge in [-0.2, -0.15) is 0 Å². The molecular weight excluding hydrogens is 199 g/mol. The zero-order valence-corrected chi connectivity index (χ0v) is 7.78. The molecule has 0 aliphatic heterocycles. The van der Waals surface area contributed by atoms with Crippen molar-refractivity contribution in [3.05, 3.63) is 12.0 Å². The molecule has 0 rings (SSSR count). The molecule has 0 aromatic heterocycles. The molecule has 0 aliphatic carbocycles. The smallest absolute Gasteiger partial charge is 0.325 e. The summed E-state index contributed by atoms with van der Waals surface area (Å²) in [5, 5.41) is 8.23. The monoisotopic (exact) mass is 212 g/mol. The average molecular weight is 212 g/mol. The first kappa shape index (κ1) is 12.4. The van der Waals surface area contributed by atoms with Crippen LogP contribution in [0.5, 0.6) is 0 Å². The third-order valence-electron chi connectivity index (χ3n) is 1.23. The van der Waals surface area contributed by atoms with Crippen LogP contribution in [-0.2, 0) is 9.45 Å². The van der Waals surface area contributed by atoms with Crippen molar-refractivity contribution in [3.63, 3.8) is 0 Å². The Morgan fingerprint density at radius 2 is 2.23 bits per heavy atom. The van der Waals surface area contributed by atoms with E-state index in [2.05, 4.69) is 10.3 Å². The van der Waals surface area contributed by atoms with Gasteiger partial charge in [0, 0.05) is 6.42 Å². The molecule has 0 atom stereocenters. The van der Waals surface area contributed by atoms with E-state index in [-0.39, 0.29) is 24.8 Å². The number of hydrazine groups is 1. The fourth-order valence-corrected chi connectivity index (χ4v) is 1.27. The van der Waals surface area contributed by atoms with Crippen LogP contribution in [0.4, 0.5) is 0 Å². The van der Waals surface area contributed by atoms with Crippen molar-refractivity contribution in [2.24, 2.45) is 5.84 Å². The molecule has 0 radical (unpaired) electrons. The largest absolute Gasteiger partial charge is 0.343 e. The van der Waals surface area contributed by atoms with Crippen LogP contribution < -0.4 is 11.3 Å². The Labute approximate surface area is 75.3 Å². The van der Waals surface area contributed by atoms with Gasteiger partial charge in [-0.1, -0.05) is 0 Å². The summed E-state index contributed by atoms with van der Waals surface area (Å²) in [6, 6.07) is 0. The lowest BCUT2D eigenvalue weighted by Crippen LogP contribution is -2.15. The summed E-state index contributed by atoms with van der Waals surface area (Å²) in [6.45, 7) is 0. The minimum absolute atomic E-state index is 0.121. The van der Waals surface area contributed by atoms with Crippen molar-refractivity contribution in [1.82, 2.24) is 5.43 Å². The Morgan fingerprint density at radius 1 is 1.62 bits per heavy atom. The maximum absolute atomic E-state index is 10.4. The van der Waals surface area contributed by atoms with E-state index >= 15 is 0 Å². The summed E-state index contributed by atoms with van der Waals surface area (Å²) in [7, 11) is -3.97. The first-order valence-corrected chi connectivity index (χ1v) is 5.30. The highest BCUT2D eigenvalue weighted by atomic mass is 31.2. The number of rotatable bonds is 6. The normalized spacial score (nSPS) is 12.8. The lowest BCUT2D eigenvalue weighted by Gasteiger charge is -2.04. The zero-order valence-electron chi connectivity index (χ0n) is 6.88. The first-order chi connectivity index (χ1) is 5.99. The summed E-state index contributed by atoms with van der Waals surface area (Å²) in [6.07, 6.45) is 1.35. The predicted molar refractivity (Wildman–Crippen MR) is 45.3 cm³/mol. The van der Waals surface area contributed by atoms with E-state index in [0.29, 0.717) is 0 Å². The van der Waals surface area contributed by atoms with Gasteiger partial charge < -0.3 is 20.1 Å². The fraction of sp³-hybridized carbons (Fsp3) is 0.600. The van der Waals surface area contributed by atoms with E-state index in [4.69, 9.17) is 20.9 Å². The van der Waals surface area contributed by atoms with Gasteiger partial charge >= 0.3 is 7.60 Å². The van der Waals surface area contributed by atoms with Crippen LogP contribution in [-0.4, -0.2) is 21.2 Å². The van der Waals surface area contributed by atoms with E-state index in [1.54, 1.807) is 0 Å². The summed E-state index contributed by atoms with van der Waals surface area (Å²) in [4.78, 5) is 20.8. The number of allylic oxidation sites excluding steroid dienone is 1. The van der Waals surface area contributed by atoms with Crippen LogP contribution in [0.15, 0.2) is 12.0 Å². The van der Waals surface area contributed by atoms with E-state index in [9.17, 15) is 4.57 Å². The predicted octanol–water partition coefficient (Wildman–Crippen LogP) is -0.261. The molecule has 0 saturated heterocycles. The Bertz CT molecular complexity index is 213. The number of nitrogens with one attached hydrogen (secondary N) is 1. The van der Waals surface area contributed by atoms with Gasteiger partial charge in [0.15, 0.2) is 5.76 Å². The topological polar surface area (TPSA) is 125 Å². The van der Waals surface area contributed by atoms with Crippen LogP contribution in [0.3, 0.4) is 0 Å². The van der Waals surface area contributed by atoms with Gasteiger partial charge in [0.2, 0.25) is 0 Å². The average Bonchev–Trinajstić information content (AvgIpc) is 2.01. The van der Waals surface area contributed by atoms with Gasteiger partial charge in [-0.15, -0.1) is 0 Å². The van der Waals surface area contributed by atoms with Gasteiger partial charge in [0.25, 0.3) is 0 Å². The van der Waals surface area contributed by atoms with Crippen molar-refractivity contribution in [2.75, 3.05) is 6.16 Å². The van der Waals surface area contributed by atoms with Crippen LogP contribution in [0.1, 0.15) is 12.8 Å². The molecule has 0 aromatic carbocycles. The fourth-order valence-electron chi connectivity index (χ4n) is 0.696. The molecule has 7 nitrogen and oxygen atoms in total. The van der Waals surface area contributed by atoms with Crippen LogP contribution >= 0.6 is 7.60 Å². The highest BCUT2D eigenvalue weighted by molar-refractivity contribution is 7.51. The Hall–Kier alpha value is -0.590.